The van der Waals surface area contributed by atoms with Crippen molar-refractivity contribution in [3.05, 3.63) is 28.2 Å². The zero-order valence-corrected chi connectivity index (χ0v) is 11.9. The lowest BCUT2D eigenvalue weighted by atomic mass is 9.82. The van der Waals surface area contributed by atoms with Gasteiger partial charge in [-0.05, 0) is 46.3 Å². The molecule has 90 valence electrons. The molecule has 1 aromatic carbocycles. The molecule has 0 bridgehead atoms. The number of nitrogens with zero attached hydrogens (tertiary/aromatic N) is 2. The van der Waals surface area contributed by atoms with E-state index < -0.39 is 0 Å². The molecule has 1 aromatic rings. The summed E-state index contributed by atoms with van der Waals surface area (Å²) < 4.78 is 0.891. The van der Waals surface area contributed by atoms with Crippen molar-refractivity contribution in [3.8, 4) is 6.07 Å². The summed E-state index contributed by atoms with van der Waals surface area (Å²) in [4.78, 5) is 2.33. The lowest BCUT2D eigenvalue weighted by Crippen LogP contribution is -2.37. The molecule has 0 saturated carbocycles. The summed E-state index contributed by atoms with van der Waals surface area (Å²) in [5.41, 5.74) is 2.26. The maximum atomic E-state index is 9.23. The highest BCUT2D eigenvalue weighted by Gasteiger charge is 2.26. The summed E-state index contributed by atoms with van der Waals surface area (Å²) in [6.07, 6.45) is 2.37. The fraction of sp³-hybridized carbons (Fsp3) is 0.500. The van der Waals surface area contributed by atoms with Crippen molar-refractivity contribution >= 4 is 21.6 Å². The Morgan fingerprint density at radius 3 is 2.53 bits per heavy atom. The van der Waals surface area contributed by atoms with Gasteiger partial charge < -0.3 is 4.90 Å². The van der Waals surface area contributed by atoms with E-state index in [1.54, 1.807) is 0 Å². The number of hydrogen-bond acceptors (Lipinski definition) is 2. The van der Waals surface area contributed by atoms with Crippen molar-refractivity contribution in [2.75, 3.05) is 18.0 Å². The number of rotatable bonds is 1. The van der Waals surface area contributed by atoms with Crippen LogP contribution in [-0.2, 0) is 0 Å². The van der Waals surface area contributed by atoms with Gasteiger partial charge in [0.1, 0.15) is 6.07 Å². The molecule has 0 N–H and O–H groups in total. The highest BCUT2D eigenvalue weighted by Crippen LogP contribution is 2.34. The van der Waals surface area contributed by atoms with E-state index in [9.17, 15) is 5.26 Å². The molecule has 0 aliphatic carbocycles. The van der Waals surface area contributed by atoms with Gasteiger partial charge in [-0.15, -0.1) is 0 Å². The van der Waals surface area contributed by atoms with E-state index >= 15 is 0 Å². The van der Waals surface area contributed by atoms with Gasteiger partial charge in [-0.3, -0.25) is 0 Å². The molecule has 3 heteroatoms. The van der Waals surface area contributed by atoms with E-state index in [0.717, 1.165) is 28.8 Å². The Hall–Kier alpha value is -1.01. The molecule has 0 aromatic heterocycles. The first kappa shape index (κ1) is 12.4. The molecule has 0 spiro atoms. The summed E-state index contributed by atoms with van der Waals surface area (Å²) in [7, 11) is 0. The van der Waals surface area contributed by atoms with Crippen LogP contribution in [-0.4, -0.2) is 13.1 Å². The average molecular weight is 293 g/mol. The predicted molar refractivity (Wildman–Crippen MR) is 74.1 cm³/mol. The molecule has 0 amide bonds. The number of nitriles is 1. The Morgan fingerprint density at radius 2 is 1.94 bits per heavy atom. The highest BCUT2D eigenvalue weighted by molar-refractivity contribution is 9.10. The highest BCUT2D eigenvalue weighted by atomic mass is 79.9. The second-order valence-electron chi connectivity index (χ2n) is 5.40. The molecule has 0 unspecified atom stereocenters. The number of halogens is 1. The predicted octanol–water partition coefficient (Wildman–Crippen LogP) is 3.95. The molecule has 1 aliphatic rings. The van der Waals surface area contributed by atoms with Gasteiger partial charge in [-0.2, -0.15) is 5.26 Å². The van der Waals surface area contributed by atoms with Crippen LogP contribution in [0.4, 0.5) is 5.69 Å². The van der Waals surface area contributed by atoms with Crippen LogP contribution in [0.2, 0.25) is 0 Å². The summed E-state index contributed by atoms with van der Waals surface area (Å²) in [5, 5.41) is 9.23. The molecular formula is C14H17BrN2. The SMILES string of the molecule is CC1(C)CCN(c2cccc(Br)c2C#N)CC1. The van der Waals surface area contributed by atoms with Crippen LogP contribution >= 0.6 is 15.9 Å². The smallest absolute Gasteiger partial charge is 0.103 e. The van der Waals surface area contributed by atoms with Gasteiger partial charge >= 0.3 is 0 Å². The molecular weight excluding hydrogens is 276 g/mol. The van der Waals surface area contributed by atoms with E-state index in [1.165, 1.54) is 12.8 Å². The first-order valence-electron chi connectivity index (χ1n) is 5.97. The van der Waals surface area contributed by atoms with Gasteiger partial charge in [0.2, 0.25) is 0 Å². The van der Waals surface area contributed by atoms with Crippen molar-refractivity contribution in [1.82, 2.24) is 0 Å². The van der Waals surface area contributed by atoms with Crippen LogP contribution in [0.3, 0.4) is 0 Å². The Kier molecular flexibility index (Phi) is 3.44. The zero-order chi connectivity index (χ0) is 12.5. The fourth-order valence-corrected chi connectivity index (χ4v) is 2.68. The third-order valence-electron chi connectivity index (χ3n) is 3.56. The quantitative estimate of drug-likeness (QED) is 0.784. The molecule has 1 saturated heterocycles. The first-order chi connectivity index (χ1) is 8.03. The lowest BCUT2D eigenvalue weighted by Gasteiger charge is -2.38. The van der Waals surface area contributed by atoms with Crippen LogP contribution in [0, 0.1) is 16.7 Å². The number of benzene rings is 1. The van der Waals surface area contributed by atoms with Crippen LogP contribution < -0.4 is 4.90 Å². The topological polar surface area (TPSA) is 27.0 Å². The third-order valence-corrected chi connectivity index (χ3v) is 4.22. The zero-order valence-electron chi connectivity index (χ0n) is 10.3. The van der Waals surface area contributed by atoms with E-state index in [0.29, 0.717) is 5.41 Å². The van der Waals surface area contributed by atoms with E-state index in [2.05, 4.69) is 40.7 Å². The normalized spacial score (nSPS) is 18.8. The van der Waals surface area contributed by atoms with Crippen LogP contribution in [0.5, 0.6) is 0 Å². The molecule has 2 nitrogen and oxygen atoms in total. The third kappa shape index (κ3) is 2.63. The van der Waals surface area contributed by atoms with Crippen LogP contribution in [0.15, 0.2) is 22.7 Å². The number of piperidine rings is 1. The Bertz CT molecular complexity index is 450. The minimum absolute atomic E-state index is 0.440. The van der Waals surface area contributed by atoms with E-state index in [1.807, 2.05) is 18.2 Å². The lowest BCUT2D eigenvalue weighted by molar-refractivity contribution is 0.280. The van der Waals surface area contributed by atoms with Crippen molar-refractivity contribution < 1.29 is 0 Å². The van der Waals surface area contributed by atoms with Gasteiger partial charge in [0, 0.05) is 17.6 Å². The molecule has 0 radical (unpaired) electrons. The molecule has 0 atom stereocenters. The minimum Gasteiger partial charge on any atom is -0.370 e. The number of hydrogen-bond donors (Lipinski definition) is 0. The summed E-state index contributed by atoms with van der Waals surface area (Å²) >= 11 is 3.45. The van der Waals surface area contributed by atoms with Gasteiger partial charge in [0.25, 0.3) is 0 Å². The van der Waals surface area contributed by atoms with Gasteiger partial charge in [0.15, 0.2) is 0 Å². The molecule has 1 fully saturated rings. The van der Waals surface area contributed by atoms with E-state index in [-0.39, 0.29) is 0 Å². The Labute approximate surface area is 111 Å². The van der Waals surface area contributed by atoms with Gasteiger partial charge in [-0.1, -0.05) is 19.9 Å². The maximum absolute atomic E-state index is 9.23. The monoisotopic (exact) mass is 292 g/mol. The standard InChI is InChI=1S/C14H17BrN2/c1-14(2)6-8-17(9-7-14)13-5-3-4-12(15)11(13)10-16/h3-5H,6-9H2,1-2H3. The van der Waals surface area contributed by atoms with Crippen molar-refractivity contribution in [2.45, 2.75) is 26.7 Å². The second kappa shape index (κ2) is 4.70. The Balaban J connectivity index is 2.25. The van der Waals surface area contributed by atoms with Crippen LogP contribution in [0.1, 0.15) is 32.3 Å². The summed E-state index contributed by atoms with van der Waals surface area (Å²) in [5.74, 6) is 0. The molecule has 17 heavy (non-hydrogen) atoms. The molecule has 1 aliphatic heterocycles. The largest absolute Gasteiger partial charge is 0.370 e. The molecule has 1 heterocycles. The number of anilines is 1. The van der Waals surface area contributed by atoms with E-state index in [4.69, 9.17) is 0 Å². The maximum Gasteiger partial charge on any atom is 0.103 e. The van der Waals surface area contributed by atoms with Crippen molar-refractivity contribution in [3.63, 3.8) is 0 Å². The second-order valence-corrected chi connectivity index (χ2v) is 6.25. The molecule has 2 rings (SSSR count). The van der Waals surface area contributed by atoms with Crippen molar-refractivity contribution in [1.29, 1.82) is 5.26 Å². The summed E-state index contributed by atoms with van der Waals surface area (Å²) in [6.45, 7) is 6.71. The van der Waals surface area contributed by atoms with Crippen LogP contribution in [0.25, 0.3) is 0 Å². The summed E-state index contributed by atoms with van der Waals surface area (Å²) in [6, 6.07) is 8.26. The Morgan fingerprint density at radius 1 is 1.29 bits per heavy atom. The van der Waals surface area contributed by atoms with Gasteiger partial charge in [-0.25, -0.2) is 0 Å². The van der Waals surface area contributed by atoms with Crippen molar-refractivity contribution in [2.24, 2.45) is 5.41 Å². The minimum atomic E-state index is 0.440. The first-order valence-corrected chi connectivity index (χ1v) is 6.76. The average Bonchev–Trinajstić information content (AvgIpc) is 2.29. The fourth-order valence-electron chi connectivity index (χ4n) is 2.24. The van der Waals surface area contributed by atoms with Gasteiger partial charge in [0.05, 0.1) is 11.3 Å².